The summed E-state index contributed by atoms with van der Waals surface area (Å²) in [6.07, 6.45) is 2.29. The van der Waals surface area contributed by atoms with E-state index in [2.05, 4.69) is 16.0 Å². The molecule has 0 atom stereocenters. The number of aryl methyl sites for hydroxylation is 1. The molecule has 1 amide bonds. The molecule has 0 saturated heterocycles. The summed E-state index contributed by atoms with van der Waals surface area (Å²) >= 11 is 7.20. The van der Waals surface area contributed by atoms with Gasteiger partial charge in [0.1, 0.15) is 16.5 Å². The lowest BCUT2D eigenvalue weighted by atomic mass is 10.1. The van der Waals surface area contributed by atoms with E-state index in [1.54, 1.807) is 57.7 Å². The Labute approximate surface area is 281 Å². The summed E-state index contributed by atoms with van der Waals surface area (Å²) in [5, 5.41) is 13.7. The number of thiazole rings is 1. The van der Waals surface area contributed by atoms with E-state index < -0.39 is 5.91 Å². The van der Waals surface area contributed by atoms with Crippen molar-refractivity contribution in [2.45, 2.75) is 20.3 Å². The number of ether oxygens (including phenoxy) is 3. The van der Waals surface area contributed by atoms with Crippen molar-refractivity contribution >= 4 is 40.5 Å². The van der Waals surface area contributed by atoms with Gasteiger partial charge in [-0.15, -0.1) is 11.3 Å². The highest BCUT2D eigenvalue weighted by atomic mass is 35.5. The van der Waals surface area contributed by atoms with Crippen molar-refractivity contribution in [3.8, 4) is 34.7 Å². The van der Waals surface area contributed by atoms with Gasteiger partial charge in [0.05, 0.1) is 31.5 Å². The Kier molecular flexibility index (Phi) is 10.2. The van der Waals surface area contributed by atoms with Crippen molar-refractivity contribution in [1.82, 2.24) is 14.5 Å². The van der Waals surface area contributed by atoms with E-state index in [0.717, 1.165) is 39.5 Å². The van der Waals surface area contributed by atoms with Crippen LogP contribution in [0, 0.1) is 25.2 Å². The number of rotatable bonds is 10. The summed E-state index contributed by atoms with van der Waals surface area (Å²) in [7, 11) is 4.68. The Morgan fingerprint density at radius 3 is 2.21 bits per heavy atom. The molecule has 0 radical (unpaired) electrons. The number of amides is 1. The zero-order valence-corrected chi connectivity index (χ0v) is 28.2. The van der Waals surface area contributed by atoms with Crippen LogP contribution in [0.5, 0.6) is 17.2 Å². The van der Waals surface area contributed by atoms with Crippen LogP contribution in [-0.2, 0) is 11.2 Å². The van der Waals surface area contributed by atoms with Crippen molar-refractivity contribution in [2.75, 3.05) is 27.9 Å². The molecule has 0 unspecified atom stereocenters. The zero-order valence-electron chi connectivity index (χ0n) is 26.6. The lowest BCUT2D eigenvalue weighted by molar-refractivity contribution is -0.115. The van der Waals surface area contributed by atoms with Gasteiger partial charge >= 0.3 is 0 Å². The van der Waals surface area contributed by atoms with Gasteiger partial charge in [-0.05, 0) is 104 Å². The number of methoxy groups -OCH3 is 3. The van der Waals surface area contributed by atoms with Gasteiger partial charge in [-0.3, -0.25) is 14.2 Å². The number of benzene rings is 3. The molecule has 1 N–H and O–H groups in total. The molecular formula is C36H33ClN4O5S. The predicted octanol–water partition coefficient (Wildman–Crippen LogP) is 4.85. The van der Waals surface area contributed by atoms with Crippen molar-refractivity contribution in [3.63, 3.8) is 0 Å². The number of nitrogens with zero attached hydrogens (tertiary/aromatic N) is 3. The van der Waals surface area contributed by atoms with Gasteiger partial charge in [0.15, 0.2) is 17.1 Å². The standard InChI is InChI=1S/C36H33ClN4O5S/c1-22-18-25(23(2)40(22)27-9-7-26(37)8-10-27)20-33-35(43)41(28-11-13-29(44-3)14-12-28)36(47-33)30(21-38)34(42)39-17-16-24-6-15-31(45-4)32(19-24)46-5/h6-15,18-20H,16-17H2,1-5H3,(H,39,42)/b33-20+,36-30-. The third kappa shape index (κ3) is 6.97. The monoisotopic (exact) mass is 668 g/mol. The summed E-state index contributed by atoms with van der Waals surface area (Å²) < 4.78 is 20.1. The molecule has 11 heteroatoms. The zero-order chi connectivity index (χ0) is 33.7. The van der Waals surface area contributed by atoms with Gasteiger partial charge in [0, 0.05) is 28.6 Å². The first-order chi connectivity index (χ1) is 22.7. The average molecular weight is 669 g/mol. The molecule has 0 bridgehead atoms. The van der Waals surface area contributed by atoms with Gasteiger partial charge < -0.3 is 24.1 Å². The summed E-state index contributed by atoms with van der Waals surface area (Å²) in [5.41, 5.74) is 4.58. The van der Waals surface area contributed by atoms with Crippen LogP contribution in [0.3, 0.4) is 0 Å². The minimum absolute atomic E-state index is 0.165. The van der Waals surface area contributed by atoms with Crippen LogP contribution in [0.2, 0.25) is 5.02 Å². The maximum absolute atomic E-state index is 14.0. The Bertz CT molecular complexity index is 2160. The third-order valence-corrected chi connectivity index (χ3v) is 9.04. The Morgan fingerprint density at radius 2 is 1.57 bits per heavy atom. The second-order valence-electron chi connectivity index (χ2n) is 10.6. The minimum Gasteiger partial charge on any atom is -0.497 e. The molecule has 0 fully saturated rings. The number of hydrogen-bond acceptors (Lipinski definition) is 7. The van der Waals surface area contributed by atoms with Crippen LogP contribution in [0.25, 0.3) is 23.0 Å². The first-order valence-corrected chi connectivity index (χ1v) is 15.8. The smallest absolute Gasteiger partial charge is 0.273 e. The van der Waals surface area contributed by atoms with Gasteiger partial charge in [-0.2, -0.15) is 5.26 Å². The summed E-state index contributed by atoms with van der Waals surface area (Å²) in [4.78, 5) is 27.5. The molecule has 0 aliphatic carbocycles. The Morgan fingerprint density at radius 1 is 0.915 bits per heavy atom. The molecule has 0 spiro atoms. The summed E-state index contributed by atoms with van der Waals surface area (Å²) in [6.45, 7) is 4.22. The van der Waals surface area contributed by atoms with Crippen molar-refractivity contribution in [1.29, 1.82) is 5.26 Å². The number of carbonyl (C=O) groups is 1. The lowest BCUT2D eigenvalue weighted by Gasteiger charge is -2.10. The maximum Gasteiger partial charge on any atom is 0.273 e. The van der Waals surface area contributed by atoms with Gasteiger partial charge in [0.2, 0.25) is 0 Å². The first-order valence-electron chi connectivity index (χ1n) is 14.7. The van der Waals surface area contributed by atoms with Gasteiger partial charge in [0.25, 0.3) is 11.5 Å². The molecule has 0 saturated carbocycles. The number of halogens is 1. The second kappa shape index (κ2) is 14.5. The topological polar surface area (TPSA) is 108 Å². The highest BCUT2D eigenvalue weighted by Crippen LogP contribution is 2.27. The van der Waals surface area contributed by atoms with Crippen LogP contribution in [0.4, 0.5) is 0 Å². The molecule has 3 aromatic carbocycles. The fourth-order valence-electron chi connectivity index (χ4n) is 5.32. The van der Waals surface area contributed by atoms with Crippen molar-refractivity contribution in [2.24, 2.45) is 0 Å². The SMILES string of the molecule is COc1ccc(-n2c(=O)/c(=C\c3cc(C)n(-c4ccc(Cl)cc4)c3C)s/c2=C(/C#N)C(=O)NCCc2ccc(OC)c(OC)c2)cc1. The van der Waals surface area contributed by atoms with Crippen LogP contribution in [-0.4, -0.2) is 42.9 Å². The van der Waals surface area contributed by atoms with Gasteiger partial charge in [-0.1, -0.05) is 17.7 Å². The van der Waals surface area contributed by atoms with E-state index in [1.165, 1.54) is 4.57 Å². The number of nitriles is 1. The van der Waals surface area contributed by atoms with E-state index in [0.29, 0.717) is 38.9 Å². The Balaban J connectivity index is 1.57. The van der Waals surface area contributed by atoms with Gasteiger partial charge in [-0.25, -0.2) is 0 Å². The average Bonchev–Trinajstić information content (AvgIpc) is 3.55. The highest BCUT2D eigenvalue weighted by Gasteiger charge is 2.18. The fourth-order valence-corrected chi connectivity index (χ4v) is 6.54. The molecule has 47 heavy (non-hydrogen) atoms. The largest absolute Gasteiger partial charge is 0.497 e. The van der Waals surface area contributed by atoms with Crippen LogP contribution >= 0.6 is 22.9 Å². The van der Waals surface area contributed by atoms with E-state index in [9.17, 15) is 14.9 Å². The minimum atomic E-state index is -0.580. The molecule has 5 aromatic rings. The predicted molar refractivity (Wildman–Crippen MR) is 185 cm³/mol. The first kappa shape index (κ1) is 33.1. The van der Waals surface area contributed by atoms with Crippen molar-refractivity contribution < 1.29 is 19.0 Å². The molecule has 0 aliphatic heterocycles. The molecule has 5 rings (SSSR count). The Hall–Kier alpha value is -5.24. The quantitative estimate of drug-likeness (QED) is 0.228. The number of aromatic nitrogens is 2. The van der Waals surface area contributed by atoms with Crippen LogP contribution in [0.1, 0.15) is 22.5 Å². The normalized spacial score (nSPS) is 12.0. The third-order valence-electron chi connectivity index (χ3n) is 7.70. The number of hydrogen-bond donors (Lipinski definition) is 1. The molecule has 9 nitrogen and oxygen atoms in total. The van der Waals surface area contributed by atoms with Crippen molar-refractivity contribution in [3.05, 3.63) is 120 Å². The van der Waals surface area contributed by atoms with E-state index in [4.69, 9.17) is 25.8 Å². The second-order valence-corrected chi connectivity index (χ2v) is 12.0. The summed E-state index contributed by atoms with van der Waals surface area (Å²) in [5.74, 6) is 1.22. The van der Waals surface area contributed by atoms with E-state index >= 15 is 0 Å². The van der Waals surface area contributed by atoms with E-state index in [-0.39, 0.29) is 22.3 Å². The fraction of sp³-hybridized carbons (Fsp3) is 0.194. The molecule has 240 valence electrons. The van der Waals surface area contributed by atoms with Crippen LogP contribution < -0.4 is 34.3 Å². The number of nitrogens with one attached hydrogen (secondary N) is 1. The summed E-state index contributed by atoms with van der Waals surface area (Å²) in [6, 6.07) is 24.0. The molecular weight excluding hydrogens is 636 g/mol. The molecule has 0 aliphatic rings. The lowest BCUT2D eigenvalue weighted by Crippen LogP contribution is -2.34. The molecule has 2 aromatic heterocycles. The number of carbonyl (C=O) groups excluding carboxylic acids is 1. The van der Waals surface area contributed by atoms with Crippen LogP contribution in [0.15, 0.2) is 77.6 Å². The molecule has 2 heterocycles. The highest BCUT2D eigenvalue weighted by molar-refractivity contribution is 7.07. The maximum atomic E-state index is 14.0. The van der Waals surface area contributed by atoms with E-state index in [1.807, 2.05) is 56.3 Å².